The fourth-order valence-electron chi connectivity index (χ4n) is 1.95. The Balaban J connectivity index is 1.81. The largest absolute Gasteiger partial charge is 0.348 e. The lowest BCUT2D eigenvalue weighted by atomic mass is 10.3. The van der Waals surface area contributed by atoms with Gasteiger partial charge >= 0.3 is 0 Å². The lowest BCUT2D eigenvalue weighted by Crippen LogP contribution is -2.26. The van der Waals surface area contributed by atoms with E-state index in [1.807, 2.05) is 12.1 Å². The predicted molar refractivity (Wildman–Crippen MR) is 82.0 cm³/mol. The molecule has 0 atom stereocenters. The summed E-state index contributed by atoms with van der Waals surface area (Å²) in [7, 11) is 0. The zero-order valence-corrected chi connectivity index (χ0v) is 12.3. The molecule has 21 heavy (non-hydrogen) atoms. The highest BCUT2D eigenvalue weighted by Crippen LogP contribution is 2.21. The van der Waals surface area contributed by atoms with Gasteiger partial charge in [0.1, 0.15) is 17.3 Å². The van der Waals surface area contributed by atoms with Crippen LogP contribution in [-0.2, 0) is 0 Å². The number of halogens is 1. The van der Waals surface area contributed by atoms with E-state index in [9.17, 15) is 4.79 Å². The summed E-state index contributed by atoms with van der Waals surface area (Å²) in [5.74, 6) is 0.964. The van der Waals surface area contributed by atoms with E-state index in [4.69, 9.17) is 11.6 Å². The molecule has 0 aliphatic heterocycles. The molecule has 1 saturated carbocycles. The average Bonchev–Trinajstić information content (AvgIpc) is 3.22. The SMILES string of the molecule is Cc1nc(Nc2cccc(Cl)c2)cc(C(=O)NC2CC2)n1. The van der Waals surface area contributed by atoms with Crippen molar-refractivity contribution in [3.8, 4) is 0 Å². The summed E-state index contributed by atoms with van der Waals surface area (Å²) in [5.41, 5.74) is 1.19. The van der Waals surface area contributed by atoms with Crippen molar-refractivity contribution in [1.82, 2.24) is 15.3 Å². The van der Waals surface area contributed by atoms with Gasteiger partial charge in [-0.3, -0.25) is 4.79 Å². The highest BCUT2D eigenvalue weighted by Gasteiger charge is 2.24. The van der Waals surface area contributed by atoms with Crippen molar-refractivity contribution in [2.45, 2.75) is 25.8 Å². The first kappa shape index (κ1) is 13.8. The van der Waals surface area contributed by atoms with E-state index in [0.717, 1.165) is 18.5 Å². The number of carbonyl (C=O) groups excluding carboxylic acids is 1. The van der Waals surface area contributed by atoms with Gasteiger partial charge in [0.2, 0.25) is 0 Å². The number of hydrogen-bond acceptors (Lipinski definition) is 4. The van der Waals surface area contributed by atoms with Crippen molar-refractivity contribution in [1.29, 1.82) is 0 Å². The second kappa shape index (κ2) is 5.69. The van der Waals surface area contributed by atoms with Crippen LogP contribution in [0.15, 0.2) is 30.3 Å². The molecule has 108 valence electrons. The molecule has 2 N–H and O–H groups in total. The molecule has 0 bridgehead atoms. The third-order valence-corrected chi connectivity index (χ3v) is 3.32. The van der Waals surface area contributed by atoms with E-state index in [0.29, 0.717) is 28.4 Å². The minimum absolute atomic E-state index is 0.155. The van der Waals surface area contributed by atoms with E-state index < -0.39 is 0 Å². The molecule has 6 heteroatoms. The Labute approximate surface area is 127 Å². The van der Waals surface area contributed by atoms with Gasteiger partial charge in [0.25, 0.3) is 5.91 Å². The minimum Gasteiger partial charge on any atom is -0.348 e. The van der Waals surface area contributed by atoms with Crippen molar-refractivity contribution in [3.05, 3.63) is 46.9 Å². The number of anilines is 2. The molecule has 3 rings (SSSR count). The summed E-state index contributed by atoms with van der Waals surface area (Å²) >= 11 is 5.95. The van der Waals surface area contributed by atoms with Gasteiger partial charge in [-0.05, 0) is 38.0 Å². The van der Waals surface area contributed by atoms with Crippen LogP contribution in [0.3, 0.4) is 0 Å². The van der Waals surface area contributed by atoms with Crippen LogP contribution in [0.25, 0.3) is 0 Å². The number of aryl methyl sites for hydroxylation is 1. The van der Waals surface area contributed by atoms with E-state index in [1.165, 1.54) is 0 Å². The van der Waals surface area contributed by atoms with Crippen molar-refractivity contribution in [3.63, 3.8) is 0 Å². The topological polar surface area (TPSA) is 66.9 Å². The normalized spacial score (nSPS) is 13.8. The quantitative estimate of drug-likeness (QED) is 0.911. The molecule has 0 saturated heterocycles. The zero-order valence-electron chi connectivity index (χ0n) is 11.6. The molecule has 1 aromatic carbocycles. The number of aromatic nitrogens is 2. The fourth-order valence-corrected chi connectivity index (χ4v) is 2.14. The number of hydrogen-bond donors (Lipinski definition) is 2. The molecule has 1 heterocycles. The van der Waals surface area contributed by atoms with Gasteiger partial charge in [-0.2, -0.15) is 0 Å². The van der Waals surface area contributed by atoms with E-state index in [1.54, 1.807) is 25.1 Å². The molecule has 1 aromatic heterocycles. The Morgan fingerprint density at radius 3 is 2.81 bits per heavy atom. The Bertz CT molecular complexity index is 685. The number of nitrogens with one attached hydrogen (secondary N) is 2. The highest BCUT2D eigenvalue weighted by atomic mass is 35.5. The van der Waals surface area contributed by atoms with Crippen LogP contribution in [0.4, 0.5) is 11.5 Å². The standard InChI is InChI=1S/C15H15ClN4O/c1-9-17-13(15(21)20-11-5-6-11)8-14(18-9)19-12-4-2-3-10(16)7-12/h2-4,7-8,11H,5-6H2,1H3,(H,20,21)(H,17,18,19). The second-order valence-electron chi connectivity index (χ2n) is 5.07. The van der Waals surface area contributed by atoms with Gasteiger partial charge in [-0.1, -0.05) is 17.7 Å². The van der Waals surface area contributed by atoms with E-state index in [-0.39, 0.29) is 5.91 Å². The lowest BCUT2D eigenvalue weighted by Gasteiger charge is -2.09. The summed E-state index contributed by atoms with van der Waals surface area (Å²) in [4.78, 5) is 20.5. The van der Waals surface area contributed by atoms with Crippen LogP contribution in [-0.4, -0.2) is 21.9 Å². The predicted octanol–water partition coefficient (Wildman–Crippen LogP) is 3.07. The lowest BCUT2D eigenvalue weighted by molar-refractivity contribution is 0.0945. The van der Waals surface area contributed by atoms with Gasteiger partial charge in [-0.15, -0.1) is 0 Å². The molecule has 2 aromatic rings. The monoisotopic (exact) mass is 302 g/mol. The third-order valence-electron chi connectivity index (χ3n) is 3.08. The maximum absolute atomic E-state index is 12.1. The van der Waals surface area contributed by atoms with Gasteiger partial charge in [0.15, 0.2) is 0 Å². The first-order valence-electron chi connectivity index (χ1n) is 6.79. The molecule has 1 fully saturated rings. The summed E-state index contributed by atoms with van der Waals surface area (Å²) in [5, 5.41) is 6.69. The Morgan fingerprint density at radius 1 is 1.29 bits per heavy atom. The number of rotatable bonds is 4. The summed E-state index contributed by atoms with van der Waals surface area (Å²) in [6.45, 7) is 1.76. The van der Waals surface area contributed by atoms with Crippen LogP contribution in [0.2, 0.25) is 5.02 Å². The molecule has 1 aliphatic carbocycles. The first-order valence-corrected chi connectivity index (χ1v) is 7.17. The first-order chi connectivity index (χ1) is 10.1. The average molecular weight is 303 g/mol. The van der Waals surface area contributed by atoms with Crippen LogP contribution < -0.4 is 10.6 Å². The van der Waals surface area contributed by atoms with Gasteiger partial charge < -0.3 is 10.6 Å². The van der Waals surface area contributed by atoms with Gasteiger partial charge in [0.05, 0.1) is 0 Å². The number of carbonyl (C=O) groups is 1. The molecule has 0 unspecified atom stereocenters. The van der Waals surface area contributed by atoms with Crippen LogP contribution in [0.5, 0.6) is 0 Å². The third kappa shape index (κ3) is 3.70. The fraction of sp³-hybridized carbons (Fsp3) is 0.267. The van der Waals surface area contributed by atoms with E-state index >= 15 is 0 Å². The summed E-state index contributed by atoms with van der Waals surface area (Å²) in [6, 6.07) is 9.27. The van der Waals surface area contributed by atoms with Crippen LogP contribution in [0, 0.1) is 6.92 Å². The van der Waals surface area contributed by atoms with Gasteiger partial charge in [-0.25, -0.2) is 9.97 Å². The maximum atomic E-state index is 12.1. The number of nitrogens with zero attached hydrogens (tertiary/aromatic N) is 2. The molecule has 5 nitrogen and oxygen atoms in total. The minimum atomic E-state index is -0.155. The summed E-state index contributed by atoms with van der Waals surface area (Å²) in [6.07, 6.45) is 2.09. The Kier molecular flexibility index (Phi) is 3.75. The van der Waals surface area contributed by atoms with Gasteiger partial charge in [0, 0.05) is 22.8 Å². The zero-order chi connectivity index (χ0) is 14.8. The van der Waals surface area contributed by atoms with Crippen molar-refractivity contribution in [2.75, 3.05) is 5.32 Å². The number of benzene rings is 1. The second-order valence-corrected chi connectivity index (χ2v) is 5.51. The molecule has 1 amide bonds. The molecular weight excluding hydrogens is 288 g/mol. The molecule has 0 spiro atoms. The van der Waals surface area contributed by atoms with Crippen molar-refractivity contribution >= 4 is 29.0 Å². The summed E-state index contributed by atoms with van der Waals surface area (Å²) < 4.78 is 0. The van der Waals surface area contributed by atoms with Crippen LogP contribution >= 0.6 is 11.6 Å². The molecule has 0 radical (unpaired) electrons. The van der Waals surface area contributed by atoms with Crippen molar-refractivity contribution in [2.24, 2.45) is 0 Å². The molecular formula is C15H15ClN4O. The van der Waals surface area contributed by atoms with Crippen LogP contribution in [0.1, 0.15) is 29.2 Å². The number of amides is 1. The Morgan fingerprint density at radius 2 is 2.10 bits per heavy atom. The van der Waals surface area contributed by atoms with E-state index in [2.05, 4.69) is 20.6 Å². The smallest absolute Gasteiger partial charge is 0.270 e. The van der Waals surface area contributed by atoms with Crippen molar-refractivity contribution < 1.29 is 4.79 Å². The maximum Gasteiger partial charge on any atom is 0.270 e. The highest BCUT2D eigenvalue weighted by molar-refractivity contribution is 6.30. The Hall–Kier alpha value is -2.14. The molecule has 1 aliphatic rings.